The topological polar surface area (TPSA) is 66.3 Å². The third-order valence-electron chi connectivity index (χ3n) is 5.06. The van der Waals surface area contributed by atoms with Crippen LogP contribution in [0.5, 0.6) is 0 Å². The van der Waals surface area contributed by atoms with E-state index >= 15 is 0 Å². The third-order valence-corrected chi connectivity index (χ3v) is 5.06. The van der Waals surface area contributed by atoms with Gasteiger partial charge in [-0.1, -0.05) is 0 Å². The summed E-state index contributed by atoms with van der Waals surface area (Å²) in [5.74, 6) is -4.28. The summed E-state index contributed by atoms with van der Waals surface area (Å²) in [5, 5.41) is 6.31. The Morgan fingerprint density at radius 1 is 1.00 bits per heavy atom. The maximum Gasteiger partial charge on any atom is 0.416 e. The van der Waals surface area contributed by atoms with Crippen molar-refractivity contribution in [3.05, 3.63) is 59.9 Å². The molecular formula is C23H23F5N6O. The Labute approximate surface area is 209 Å². The van der Waals surface area contributed by atoms with E-state index in [-0.39, 0.29) is 29.8 Å². The van der Waals surface area contributed by atoms with Gasteiger partial charge in [0.2, 0.25) is 11.9 Å². The van der Waals surface area contributed by atoms with E-state index in [0.717, 1.165) is 29.2 Å². The van der Waals surface area contributed by atoms with Crippen LogP contribution in [0.2, 0.25) is 0 Å². The maximum atomic E-state index is 14.0. The van der Waals surface area contributed by atoms with Crippen LogP contribution in [-0.2, 0) is 11.0 Å². The van der Waals surface area contributed by atoms with Crippen molar-refractivity contribution in [2.45, 2.75) is 19.0 Å². The van der Waals surface area contributed by atoms with Gasteiger partial charge in [-0.3, -0.25) is 4.79 Å². The first-order valence-corrected chi connectivity index (χ1v) is 10.2. The highest BCUT2D eigenvalue weighted by Gasteiger charge is 2.35. The van der Waals surface area contributed by atoms with Crippen molar-refractivity contribution in [1.29, 1.82) is 0 Å². The fourth-order valence-electron chi connectivity index (χ4n) is 3.23. The summed E-state index contributed by atoms with van der Waals surface area (Å²) in [6.07, 6.45) is -3.59. The average molecular weight is 503 g/mol. The van der Waals surface area contributed by atoms with Gasteiger partial charge in [0, 0.05) is 50.8 Å². The molecule has 1 aliphatic heterocycles. The van der Waals surface area contributed by atoms with Gasteiger partial charge in [-0.25, -0.2) is 13.5 Å². The van der Waals surface area contributed by atoms with Crippen molar-refractivity contribution in [1.82, 2.24) is 19.7 Å². The Kier molecular flexibility index (Phi) is 3.86. The standard InChI is InChI=1S/C23H21F5N6O.H2/c24-16-9-17(25)11-20(10-16)34-13-29-22(31-34)30-18-7-15(23(26,27)28)8-19(12-18)32-3-5-33(6-4-32)21(35)14-1-2-14;/h7-14H,1-6H2,(H,30,31);1H/i3D2,4D2,5D2,6D2;. The Bertz CT molecular complexity index is 1550. The second kappa shape index (κ2) is 8.82. The molecule has 1 amide bonds. The van der Waals surface area contributed by atoms with Gasteiger partial charge >= 0.3 is 6.18 Å². The summed E-state index contributed by atoms with van der Waals surface area (Å²) in [7, 11) is 0. The minimum Gasteiger partial charge on any atom is -0.368 e. The van der Waals surface area contributed by atoms with E-state index in [2.05, 4.69) is 15.4 Å². The smallest absolute Gasteiger partial charge is 0.368 e. The monoisotopic (exact) mass is 502 g/mol. The number of amides is 1. The summed E-state index contributed by atoms with van der Waals surface area (Å²) in [6, 6.07) is 4.05. The van der Waals surface area contributed by atoms with Crippen LogP contribution in [0.1, 0.15) is 30.8 Å². The van der Waals surface area contributed by atoms with Gasteiger partial charge in [0.15, 0.2) is 0 Å². The average Bonchev–Trinajstić information content (AvgIpc) is 3.60. The fraction of sp³-hybridized carbons (Fsp3) is 0.348. The number of aromatic nitrogens is 3. The van der Waals surface area contributed by atoms with Crippen LogP contribution in [0.3, 0.4) is 0 Å². The second-order valence-corrected chi connectivity index (χ2v) is 7.76. The summed E-state index contributed by atoms with van der Waals surface area (Å²) < 4.78 is 138. The van der Waals surface area contributed by atoms with E-state index in [0.29, 0.717) is 18.2 Å². The van der Waals surface area contributed by atoms with Crippen molar-refractivity contribution in [2.24, 2.45) is 5.92 Å². The molecule has 2 aromatic carbocycles. The van der Waals surface area contributed by atoms with Crippen LogP contribution in [-0.4, -0.2) is 51.6 Å². The first-order valence-electron chi connectivity index (χ1n) is 14.2. The molecule has 2 heterocycles. The summed E-state index contributed by atoms with van der Waals surface area (Å²) in [5.41, 5.74) is -3.00. The van der Waals surface area contributed by atoms with Gasteiger partial charge in [-0.05, 0) is 43.2 Å². The molecule has 1 saturated carbocycles. The Hall–Kier alpha value is -3.70. The molecule has 5 rings (SSSR count). The number of hydrogen-bond acceptors (Lipinski definition) is 5. The summed E-state index contributed by atoms with van der Waals surface area (Å²) in [6.45, 7) is -14.3. The van der Waals surface area contributed by atoms with Gasteiger partial charge in [0.1, 0.15) is 18.0 Å². The predicted octanol–water partition coefficient (Wildman–Crippen LogP) is 4.61. The third kappa shape index (κ3) is 5.20. The molecule has 12 heteroatoms. The zero-order valence-electron chi connectivity index (χ0n) is 25.6. The molecular weight excluding hydrogens is 471 g/mol. The molecule has 2 fully saturated rings. The van der Waals surface area contributed by atoms with Crippen LogP contribution in [0, 0.1) is 17.6 Å². The zero-order valence-corrected chi connectivity index (χ0v) is 17.6. The minimum absolute atomic E-state index is 0. The molecule has 2 aliphatic rings. The Balaban J connectivity index is 0.00000442. The van der Waals surface area contributed by atoms with Crippen molar-refractivity contribution in [3.8, 4) is 5.69 Å². The van der Waals surface area contributed by atoms with Gasteiger partial charge in [-0.15, -0.1) is 5.10 Å². The van der Waals surface area contributed by atoms with E-state index in [1.165, 1.54) is 0 Å². The predicted molar refractivity (Wildman–Crippen MR) is 120 cm³/mol. The molecule has 0 spiro atoms. The molecule has 1 N–H and O–H groups in total. The van der Waals surface area contributed by atoms with Crippen LogP contribution >= 0.6 is 0 Å². The van der Waals surface area contributed by atoms with Crippen LogP contribution in [0.4, 0.5) is 39.3 Å². The second-order valence-electron chi connectivity index (χ2n) is 7.76. The lowest BCUT2D eigenvalue weighted by molar-refractivity contribution is -0.137. The van der Waals surface area contributed by atoms with Crippen LogP contribution in [0.25, 0.3) is 5.69 Å². The van der Waals surface area contributed by atoms with E-state index < -0.39 is 78.5 Å². The Morgan fingerprint density at radius 2 is 1.69 bits per heavy atom. The van der Waals surface area contributed by atoms with E-state index in [1.54, 1.807) is 0 Å². The first-order chi connectivity index (χ1) is 19.7. The minimum atomic E-state index is -5.10. The van der Waals surface area contributed by atoms with Gasteiger partial charge in [0.05, 0.1) is 22.2 Å². The lowest BCUT2D eigenvalue weighted by atomic mass is 10.1. The van der Waals surface area contributed by atoms with Crippen molar-refractivity contribution < 1.29 is 39.1 Å². The number of hydrogen-bond donors (Lipinski definition) is 1. The van der Waals surface area contributed by atoms with Crippen LogP contribution in [0.15, 0.2) is 42.7 Å². The number of halogens is 5. The van der Waals surface area contributed by atoms with Crippen LogP contribution < -0.4 is 10.2 Å². The normalized spacial score (nSPS) is 25.6. The number of nitrogens with one attached hydrogen (secondary N) is 1. The summed E-state index contributed by atoms with van der Waals surface area (Å²) in [4.78, 5) is 16.5. The highest BCUT2D eigenvalue weighted by Crippen LogP contribution is 2.36. The van der Waals surface area contributed by atoms with Gasteiger partial charge in [-0.2, -0.15) is 18.2 Å². The molecule has 0 atom stereocenters. The van der Waals surface area contributed by atoms with Gasteiger partial charge < -0.3 is 15.1 Å². The zero-order chi connectivity index (χ0) is 31.9. The summed E-state index contributed by atoms with van der Waals surface area (Å²) >= 11 is 0. The number of benzene rings is 2. The molecule has 0 radical (unpaired) electrons. The largest absolute Gasteiger partial charge is 0.416 e. The lowest BCUT2D eigenvalue weighted by Crippen LogP contribution is -2.49. The number of carbonyl (C=O) groups excluding carboxylic acids is 1. The highest BCUT2D eigenvalue weighted by atomic mass is 19.4. The van der Waals surface area contributed by atoms with Crippen molar-refractivity contribution >= 4 is 23.2 Å². The molecule has 1 saturated heterocycles. The maximum absolute atomic E-state index is 14.0. The number of carbonyl (C=O) groups is 1. The molecule has 7 nitrogen and oxygen atoms in total. The van der Waals surface area contributed by atoms with Crippen molar-refractivity contribution in [3.63, 3.8) is 0 Å². The molecule has 35 heavy (non-hydrogen) atoms. The molecule has 1 aromatic heterocycles. The number of nitrogens with zero attached hydrogens (tertiary/aromatic N) is 5. The van der Waals surface area contributed by atoms with E-state index in [9.17, 15) is 26.7 Å². The number of alkyl halides is 3. The number of rotatable bonds is 5. The molecule has 3 aromatic rings. The van der Waals surface area contributed by atoms with Gasteiger partial charge in [0.25, 0.3) is 0 Å². The Morgan fingerprint density at radius 3 is 2.31 bits per heavy atom. The highest BCUT2D eigenvalue weighted by molar-refractivity contribution is 5.81. The molecule has 1 aliphatic carbocycles. The first kappa shape index (κ1) is 15.3. The number of anilines is 3. The fourth-order valence-corrected chi connectivity index (χ4v) is 3.23. The molecule has 0 bridgehead atoms. The van der Waals surface area contributed by atoms with E-state index in [4.69, 9.17) is 11.0 Å². The number of piperazine rings is 1. The lowest BCUT2D eigenvalue weighted by Gasteiger charge is -2.36. The molecule has 0 unspecified atom stereocenters. The quantitative estimate of drug-likeness (QED) is 0.516. The van der Waals surface area contributed by atoms with Crippen molar-refractivity contribution in [2.75, 3.05) is 36.2 Å². The molecule has 186 valence electrons. The SMILES string of the molecule is [2H]C1([2H])N(C(=O)C2CC2)C([2H])([2H])C([2H])([2H])N(c2cc(Nc3ncn(-c4cc(F)cc(F)c4)n3)cc(C(F)(F)F)c2)C1([2H])[2H].[HH]. The van der Waals surface area contributed by atoms with E-state index in [1.807, 2.05) is 0 Å².